The summed E-state index contributed by atoms with van der Waals surface area (Å²) in [5, 5.41) is 11.4. The van der Waals surface area contributed by atoms with Crippen LogP contribution in [0.2, 0.25) is 0 Å². The van der Waals surface area contributed by atoms with Crippen molar-refractivity contribution in [2.24, 2.45) is 0 Å². The van der Waals surface area contributed by atoms with Crippen molar-refractivity contribution >= 4 is 0 Å². The Morgan fingerprint density at radius 3 is 2.03 bits per heavy atom. The van der Waals surface area contributed by atoms with Crippen molar-refractivity contribution in [3.8, 4) is 45.1 Å². The molecule has 162 valence electrons. The third-order valence-electron chi connectivity index (χ3n) is 5.38. The van der Waals surface area contributed by atoms with Gasteiger partial charge in [0.25, 0.3) is 0 Å². The Bertz CT molecular complexity index is 1130. The Labute approximate surface area is 188 Å². The smallest absolute Gasteiger partial charge is 0.170 e. The summed E-state index contributed by atoms with van der Waals surface area (Å²) in [6.45, 7) is 2.75. The number of unbranched alkanes of at least 4 members (excludes halogenated alkanes) is 3. The maximum absolute atomic E-state index is 11.4. The predicted molar refractivity (Wildman–Crippen MR) is 127 cm³/mol. The van der Waals surface area contributed by atoms with E-state index in [2.05, 4.69) is 21.9 Å². The first kappa shape index (κ1) is 21.5. The maximum atomic E-state index is 11.4. The van der Waals surface area contributed by atoms with Gasteiger partial charge in [-0.3, -0.25) is 0 Å². The zero-order chi connectivity index (χ0) is 22.2. The summed E-state index contributed by atoms with van der Waals surface area (Å²) in [6.07, 6.45) is 7.26. The molecule has 0 radical (unpaired) electrons. The van der Waals surface area contributed by atoms with Gasteiger partial charge < -0.3 is 9.84 Å². The third-order valence-corrected chi connectivity index (χ3v) is 5.38. The summed E-state index contributed by atoms with van der Waals surface area (Å²) < 4.78 is 6.33. The Hall–Kier alpha value is -3.73. The highest BCUT2D eigenvalue weighted by Gasteiger charge is 2.24. The van der Waals surface area contributed by atoms with Crippen molar-refractivity contribution in [2.75, 3.05) is 6.61 Å². The molecule has 4 aromatic rings. The summed E-state index contributed by atoms with van der Waals surface area (Å²) in [6, 6.07) is 21.9. The highest BCUT2D eigenvalue weighted by molar-refractivity contribution is 5.92. The fourth-order valence-corrected chi connectivity index (χ4v) is 3.75. The SMILES string of the molecule is CCCCCCOc1c(-c2ccccc2)cc(-c2ccccc2)c(O)c1-c1ncncn1. The topological polar surface area (TPSA) is 68.1 Å². The molecular formula is C27H27N3O2. The molecule has 0 aliphatic heterocycles. The van der Waals surface area contributed by atoms with Crippen molar-refractivity contribution in [1.82, 2.24) is 15.0 Å². The minimum absolute atomic E-state index is 0.102. The van der Waals surface area contributed by atoms with E-state index in [1.807, 2.05) is 66.7 Å². The van der Waals surface area contributed by atoms with Crippen LogP contribution in [-0.2, 0) is 0 Å². The summed E-state index contributed by atoms with van der Waals surface area (Å²) >= 11 is 0. The summed E-state index contributed by atoms with van der Waals surface area (Å²) in [7, 11) is 0. The largest absolute Gasteiger partial charge is 0.506 e. The maximum Gasteiger partial charge on any atom is 0.170 e. The van der Waals surface area contributed by atoms with Crippen LogP contribution in [0, 0.1) is 0 Å². The summed E-state index contributed by atoms with van der Waals surface area (Å²) in [4.78, 5) is 12.6. The van der Waals surface area contributed by atoms with E-state index in [0.717, 1.165) is 36.0 Å². The molecule has 1 N–H and O–H groups in total. The number of benzene rings is 3. The summed E-state index contributed by atoms with van der Waals surface area (Å²) in [5.74, 6) is 1.08. The van der Waals surface area contributed by atoms with E-state index in [9.17, 15) is 5.11 Å². The van der Waals surface area contributed by atoms with E-state index in [-0.39, 0.29) is 5.75 Å². The van der Waals surface area contributed by atoms with Crippen molar-refractivity contribution in [1.29, 1.82) is 0 Å². The molecule has 5 heteroatoms. The average molecular weight is 426 g/mol. The summed E-state index contributed by atoms with van der Waals surface area (Å²) in [5.41, 5.74) is 4.00. The van der Waals surface area contributed by atoms with Gasteiger partial charge in [0.15, 0.2) is 5.82 Å². The van der Waals surface area contributed by atoms with E-state index in [1.54, 1.807) is 0 Å². The zero-order valence-electron chi connectivity index (χ0n) is 18.2. The van der Waals surface area contributed by atoms with Crippen molar-refractivity contribution < 1.29 is 9.84 Å². The van der Waals surface area contributed by atoms with E-state index < -0.39 is 0 Å². The first-order valence-corrected chi connectivity index (χ1v) is 11.1. The number of phenolic OH excluding ortho intramolecular Hbond substituents is 1. The first-order chi connectivity index (χ1) is 15.8. The molecule has 1 aromatic heterocycles. The second-order valence-electron chi connectivity index (χ2n) is 7.63. The van der Waals surface area contributed by atoms with Crippen LogP contribution in [0.3, 0.4) is 0 Å². The van der Waals surface area contributed by atoms with Crippen LogP contribution in [0.1, 0.15) is 32.6 Å². The molecule has 4 rings (SSSR count). The molecule has 0 aliphatic carbocycles. The molecular weight excluding hydrogens is 398 g/mol. The van der Waals surface area contributed by atoms with Gasteiger partial charge in [0, 0.05) is 11.1 Å². The van der Waals surface area contributed by atoms with Gasteiger partial charge in [-0.2, -0.15) is 0 Å². The van der Waals surface area contributed by atoms with Crippen LogP contribution in [0.15, 0.2) is 79.4 Å². The Morgan fingerprint density at radius 2 is 1.41 bits per heavy atom. The van der Waals surface area contributed by atoms with Gasteiger partial charge in [-0.25, -0.2) is 15.0 Å². The molecule has 1 heterocycles. The van der Waals surface area contributed by atoms with Gasteiger partial charge in [0.1, 0.15) is 29.7 Å². The van der Waals surface area contributed by atoms with Crippen molar-refractivity contribution in [2.45, 2.75) is 32.6 Å². The van der Waals surface area contributed by atoms with Gasteiger partial charge in [0.2, 0.25) is 0 Å². The quantitative estimate of drug-likeness (QED) is 0.309. The fourth-order valence-electron chi connectivity index (χ4n) is 3.75. The van der Waals surface area contributed by atoms with Gasteiger partial charge in [-0.1, -0.05) is 86.8 Å². The molecule has 0 saturated carbocycles. The zero-order valence-corrected chi connectivity index (χ0v) is 18.2. The normalized spacial score (nSPS) is 10.8. The number of hydrogen-bond acceptors (Lipinski definition) is 5. The molecule has 0 saturated heterocycles. The van der Waals surface area contributed by atoms with Crippen LogP contribution < -0.4 is 4.74 Å². The lowest BCUT2D eigenvalue weighted by Gasteiger charge is -2.20. The van der Waals surface area contributed by atoms with Crippen LogP contribution in [0.25, 0.3) is 33.6 Å². The van der Waals surface area contributed by atoms with Gasteiger partial charge in [0.05, 0.1) is 6.61 Å². The molecule has 0 bridgehead atoms. The van der Waals surface area contributed by atoms with Crippen molar-refractivity contribution in [3.63, 3.8) is 0 Å². The molecule has 0 spiro atoms. The fraction of sp³-hybridized carbons (Fsp3) is 0.222. The number of rotatable bonds is 9. The van der Waals surface area contributed by atoms with E-state index >= 15 is 0 Å². The van der Waals surface area contributed by atoms with Gasteiger partial charge in [-0.05, 0) is 23.6 Å². The Kier molecular flexibility index (Phi) is 7.08. The molecule has 0 unspecified atom stereocenters. The number of phenols is 1. The minimum atomic E-state index is 0.102. The number of nitrogens with zero attached hydrogens (tertiary/aromatic N) is 3. The molecule has 0 amide bonds. The predicted octanol–water partition coefficient (Wildman–Crippen LogP) is 6.54. The van der Waals surface area contributed by atoms with E-state index in [0.29, 0.717) is 29.3 Å². The average Bonchev–Trinajstić information content (AvgIpc) is 2.85. The van der Waals surface area contributed by atoms with Crippen LogP contribution in [-0.4, -0.2) is 26.7 Å². The molecule has 3 aromatic carbocycles. The second kappa shape index (κ2) is 10.5. The van der Waals surface area contributed by atoms with Crippen LogP contribution in [0.5, 0.6) is 11.5 Å². The van der Waals surface area contributed by atoms with Crippen molar-refractivity contribution in [3.05, 3.63) is 79.4 Å². The lowest BCUT2D eigenvalue weighted by Crippen LogP contribution is -2.03. The Balaban J connectivity index is 1.91. The Morgan fingerprint density at radius 1 is 0.781 bits per heavy atom. The highest BCUT2D eigenvalue weighted by atomic mass is 16.5. The van der Waals surface area contributed by atoms with Gasteiger partial charge in [-0.15, -0.1) is 0 Å². The lowest BCUT2D eigenvalue weighted by atomic mass is 9.93. The molecule has 0 aliphatic rings. The van der Waals surface area contributed by atoms with Crippen LogP contribution >= 0.6 is 0 Å². The minimum Gasteiger partial charge on any atom is -0.506 e. The molecule has 0 fully saturated rings. The lowest BCUT2D eigenvalue weighted by molar-refractivity contribution is 0.306. The number of ether oxygens (including phenoxy) is 1. The number of aromatic hydroxyl groups is 1. The van der Waals surface area contributed by atoms with Crippen LogP contribution in [0.4, 0.5) is 0 Å². The van der Waals surface area contributed by atoms with E-state index in [1.165, 1.54) is 19.1 Å². The second-order valence-corrected chi connectivity index (χ2v) is 7.63. The first-order valence-electron chi connectivity index (χ1n) is 11.1. The molecule has 5 nitrogen and oxygen atoms in total. The molecule has 32 heavy (non-hydrogen) atoms. The standard InChI is InChI=1S/C27H27N3O2/c1-2-3-4-11-16-32-26-23(21-14-9-6-10-15-21)17-22(20-12-7-5-8-13-20)25(31)24(26)27-29-18-28-19-30-27/h5-10,12-15,17-19,31H,2-4,11,16H2,1H3. The number of hydrogen-bond donors (Lipinski definition) is 1. The number of aromatic nitrogens is 3. The monoisotopic (exact) mass is 425 g/mol. The highest BCUT2D eigenvalue weighted by Crippen LogP contribution is 2.48. The van der Waals surface area contributed by atoms with Gasteiger partial charge >= 0.3 is 0 Å². The van der Waals surface area contributed by atoms with E-state index in [4.69, 9.17) is 4.74 Å². The molecule has 0 atom stereocenters. The third kappa shape index (κ3) is 4.78.